The predicted molar refractivity (Wildman–Crippen MR) is 121 cm³/mol. The van der Waals surface area contributed by atoms with Crippen molar-refractivity contribution in [3.8, 4) is 22.9 Å². The van der Waals surface area contributed by atoms with Crippen LogP contribution in [0.3, 0.4) is 0 Å². The smallest absolute Gasteiger partial charge is 0.232 e. The quantitative estimate of drug-likeness (QED) is 0.503. The number of hydrogen-bond donors (Lipinski definition) is 0. The van der Waals surface area contributed by atoms with Crippen LogP contribution in [0, 0.1) is 5.92 Å². The molecule has 1 saturated heterocycles. The van der Waals surface area contributed by atoms with Crippen molar-refractivity contribution in [3.05, 3.63) is 60.0 Å². The molecule has 1 amide bonds. The van der Waals surface area contributed by atoms with Crippen LogP contribution in [0.1, 0.15) is 50.6 Å². The molecule has 2 aromatic carbocycles. The molecule has 0 N–H and O–H groups in total. The van der Waals surface area contributed by atoms with E-state index < -0.39 is 0 Å². The summed E-state index contributed by atoms with van der Waals surface area (Å²) in [5.41, 5.74) is 1.91. The fraction of sp³-hybridized carbons (Fsp3) is 0.400. The van der Waals surface area contributed by atoms with Crippen LogP contribution in [0.15, 0.2) is 53.1 Å². The van der Waals surface area contributed by atoms with Gasteiger partial charge in [-0.05, 0) is 54.8 Å². The molecule has 0 saturated carbocycles. The molecule has 1 aromatic heterocycles. The van der Waals surface area contributed by atoms with Gasteiger partial charge in [0.2, 0.25) is 17.6 Å². The van der Waals surface area contributed by atoms with E-state index in [0.29, 0.717) is 37.2 Å². The first-order valence-corrected chi connectivity index (χ1v) is 10.9. The molecule has 7 heteroatoms. The second kappa shape index (κ2) is 9.42. The fourth-order valence-corrected chi connectivity index (χ4v) is 3.82. The Hall–Kier alpha value is -3.35. The van der Waals surface area contributed by atoms with Gasteiger partial charge < -0.3 is 18.9 Å². The minimum Gasteiger partial charge on any atom is -0.497 e. The molecule has 32 heavy (non-hydrogen) atoms. The zero-order valence-corrected chi connectivity index (χ0v) is 18.9. The van der Waals surface area contributed by atoms with E-state index in [-0.39, 0.29) is 17.9 Å². The second-order valence-electron chi connectivity index (χ2n) is 8.58. The summed E-state index contributed by atoms with van der Waals surface area (Å²) in [7, 11) is 1.64. The Morgan fingerprint density at radius 2 is 1.75 bits per heavy atom. The van der Waals surface area contributed by atoms with Crippen LogP contribution < -0.4 is 9.47 Å². The highest BCUT2D eigenvalue weighted by Crippen LogP contribution is 2.34. The van der Waals surface area contributed by atoms with Crippen LogP contribution in [-0.4, -0.2) is 41.2 Å². The highest BCUT2D eigenvalue weighted by Gasteiger charge is 2.37. The Morgan fingerprint density at radius 3 is 2.41 bits per heavy atom. The molecule has 0 radical (unpaired) electrons. The third-order valence-electron chi connectivity index (χ3n) is 5.71. The first-order valence-electron chi connectivity index (χ1n) is 10.9. The van der Waals surface area contributed by atoms with Gasteiger partial charge in [0.25, 0.3) is 0 Å². The Labute approximate surface area is 188 Å². The number of hydrogen-bond acceptors (Lipinski definition) is 6. The maximum atomic E-state index is 12.7. The van der Waals surface area contributed by atoms with Gasteiger partial charge in [-0.1, -0.05) is 31.1 Å². The van der Waals surface area contributed by atoms with Gasteiger partial charge in [-0.2, -0.15) is 4.98 Å². The van der Waals surface area contributed by atoms with E-state index >= 15 is 0 Å². The van der Waals surface area contributed by atoms with Crippen LogP contribution >= 0.6 is 0 Å². The normalized spacial score (nSPS) is 17.1. The van der Waals surface area contributed by atoms with Crippen molar-refractivity contribution >= 4 is 5.91 Å². The van der Waals surface area contributed by atoms with Gasteiger partial charge >= 0.3 is 0 Å². The molecule has 0 bridgehead atoms. The van der Waals surface area contributed by atoms with Crippen molar-refractivity contribution in [3.63, 3.8) is 0 Å². The van der Waals surface area contributed by atoms with Gasteiger partial charge in [-0.3, -0.25) is 4.79 Å². The molecular weight excluding hydrogens is 406 g/mol. The van der Waals surface area contributed by atoms with Gasteiger partial charge in [0.05, 0.1) is 25.7 Å². The number of aromatic nitrogens is 2. The molecule has 0 aliphatic carbocycles. The topological polar surface area (TPSA) is 77.7 Å². The minimum absolute atomic E-state index is 0.0424. The van der Waals surface area contributed by atoms with Crippen molar-refractivity contribution in [2.24, 2.45) is 5.92 Å². The number of nitrogens with zero attached hydrogens (tertiary/aromatic N) is 3. The standard InChI is InChI=1S/C25H29N3O4/c1-16(2)15-31-22-11-7-19(8-12-22)24-26-25(32-27-24)20-13-23(29)28(14-20)17(3)18-5-9-21(30-4)10-6-18/h5-12,16-17,20H,13-15H2,1-4H3. The SMILES string of the molecule is COc1ccc(C(C)N2CC(c3nc(-c4ccc(OCC(C)C)cc4)no3)CC2=O)cc1. The Bertz CT molecular complexity index is 1040. The fourth-order valence-electron chi connectivity index (χ4n) is 3.82. The van der Waals surface area contributed by atoms with Crippen LogP contribution in [0.5, 0.6) is 11.5 Å². The van der Waals surface area contributed by atoms with Gasteiger partial charge in [0.15, 0.2) is 0 Å². The molecule has 4 rings (SSSR count). The lowest BCUT2D eigenvalue weighted by atomic mass is 10.1. The number of rotatable bonds is 8. The molecule has 3 aromatic rings. The molecule has 7 nitrogen and oxygen atoms in total. The van der Waals surface area contributed by atoms with Crippen molar-refractivity contribution in [2.75, 3.05) is 20.3 Å². The summed E-state index contributed by atoms with van der Waals surface area (Å²) < 4.78 is 16.5. The van der Waals surface area contributed by atoms with Crippen molar-refractivity contribution in [2.45, 2.75) is 39.2 Å². The molecule has 1 aliphatic heterocycles. The zero-order chi connectivity index (χ0) is 22.7. The monoisotopic (exact) mass is 435 g/mol. The number of ether oxygens (including phenoxy) is 2. The van der Waals surface area contributed by atoms with E-state index in [2.05, 4.69) is 24.0 Å². The van der Waals surface area contributed by atoms with E-state index in [4.69, 9.17) is 14.0 Å². The Kier molecular flexibility index (Phi) is 6.44. The van der Waals surface area contributed by atoms with Crippen LogP contribution in [0.25, 0.3) is 11.4 Å². The average Bonchev–Trinajstić information content (AvgIpc) is 3.44. The molecule has 2 unspecified atom stereocenters. The molecule has 2 atom stereocenters. The molecule has 168 valence electrons. The van der Waals surface area contributed by atoms with E-state index in [0.717, 1.165) is 22.6 Å². The summed E-state index contributed by atoms with van der Waals surface area (Å²) in [6.07, 6.45) is 0.365. The summed E-state index contributed by atoms with van der Waals surface area (Å²) in [6, 6.07) is 15.4. The number of likely N-dealkylation sites (tertiary alicyclic amines) is 1. The van der Waals surface area contributed by atoms with Crippen molar-refractivity contribution < 1.29 is 18.8 Å². The highest BCUT2D eigenvalue weighted by molar-refractivity contribution is 5.80. The summed E-state index contributed by atoms with van der Waals surface area (Å²) in [5, 5.41) is 4.14. The first-order chi connectivity index (χ1) is 15.4. The average molecular weight is 436 g/mol. The van der Waals surface area contributed by atoms with E-state index in [1.807, 2.05) is 60.4 Å². The Morgan fingerprint density at radius 1 is 1.06 bits per heavy atom. The Balaban J connectivity index is 1.42. The third-order valence-corrected chi connectivity index (χ3v) is 5.71. The van der Waals surface area contributed by atoms with E-state index in [1.54, 1.807) is 7.11 Å². The summed E-state index contributed by atoms with van der Waals surface area (Å²) >= 11 is 0. The lowest BCUT2D eigenvalue weighted by molar-refractivity contribution is -0.129. The maximum absolute atomic E-state index is 12.7. The molecule has 0 spiro atoms. The first kappa shape index (κ1) is 21.9. The lowest BCUT2D eigenvalue weighted by Gasteiger charge is -2.25. The van der Waals surface area contributed by atoms with Crippen LogP contribution in [0.4, 0.5) is 0 Å². The summed E-state index contributed by atoms with van der Waals surface area (Å²) in [6.45, 7) is 7.48. The maximum Gasteiger partial charge on any atom is 0.232 e. The highest BCUT2D eigenvalue weighted by atomic mass is 16.5. The third kappa shape index (κ3) is 4.77. The number of carbonyl (C=O) groups is 1. The number of carbonyl (C=O) groups excluding carboxylic acids is 1. The zero-order valence-electron chi connectivity index (χ0n) is 18.9. The predicted octanol–water partition coefficient (Wildman–Crippen LogP) is 4.86. The second-order valence-corrected chi connectivity index (χ2v) is 8.58. The van der Waals surface area contributed by atoms with E-state index in [9.17, 15) is 4.79 Å². The molecule has 1 fully saturated rings. The van der Waals surface area contributed by atoms with Gasteiger partial charge in [-0.25, -0.2) is 0 Å². The van der Waals surface area contributed by atoms with E-state index in [1.165, 1.54) is 0 Å². The molecule has 1 aliphatic rings. The van der Waals surface area contributed by atoms with Crippen LogP contribution in [-0.2, 0) is 4.79 Å². The van der Waals surface area contributed by atoms with Crippen LogP contribution in [0.2, 0.25) is 0 Å². The van der Waals surface area contributed by atoms with Gasteiger partial charge in [0, 0.05) is 18.5 Å². The molecular formula is C25H29N3O4. The lowest BCUT2D eigenvalue weighted by Crippen LogP contribution is -2.28. The van der Waals surface area contributed by atoms with Gasteiger partial charge in [0.1, 0.15) is 11.5 Å². The minimum atomic E-state index is -0.113. The summed E-state index contributed by atoms with van der Waals surface area (Å²) in [5.74, 6) is 3.07. The molecule has 2 heterocycles. The van der Waals surface area contributed by atoms with Crippen molar-refractivity contribution in [1.29, 1.82) is 0 Å². The largest absolute Gasteiger partial charge is 0.497 e. The van der Waals surface area contributed by atoms with Crippen molar-refractivity contribution in [1.82, 2.24) is 15.0 Å². The van der Waals surface area contributed by atoms with Gasteiger partial charge in [-0.15, -0.1) is 0 Å². The number of benzene rings is 2. The summed E-state index contributed by atoms with van der Waals surface area (Å²) in [4.78, 5) is 19.2. The number of amides is 1. The number of methoxy groups -OCH3 is 1.